The van der Waals surface area contributed by atoms with Gasteiger partial charge in [-0.15, -0.1) is 0 Å². The monoisotopic (exact) mass is 267 g/mol. The number of oxime groups is 1. The first-order chi connectivity index (χ1) is 8.15. The smallest absolute Gasteiger partial charge is 0.200 e. The lowest BCUT2D eigenvalue weighted by Gasteiger charge is -2.14. The fourth-order valence-electron chi connectivity index (χ4n) is 0.972. The van der Waals surface area contributed by atoms with Gasteiger partial charge in [0.2, 0.25) is 5.82 Å². The molecule has 1 aromatic carbocycles. The van der Waals surface area contributed by atoms with Gasteiger partial charge in [0.1, 0.15) is 5.60 Å². The minimum Gasteiger partial charge on any atom is -0.390 e. The molecule has 18 heavy (non-hydrogen) atoms. The first-order valence-corrected chi connectivity index (χ1v) is 4.88. The molecule has 0 saturated heterocycles. The predicted octanol–water partition coefficient (Wildman–Crippen LogP) is 3.53. The van der Waals surface area contributed by atoms with Crippen LogP contribution in [0.4, 0.5) is 22.0 Å². The van der Waals surface area contributed by atoms with Gasteiger partial charge in [0.05, 0.1) is 11.8 Å². The molecule has 0 spiro atoms. The number of rotatable bonds is 2. The van der Waals surface area contributed by atoms with Crippen LogP contribution in [0.1, 0.15) is 26.3 Å². The third kappa shape index (κ3) is 2.96. The van der Waals surface area contributed by atoms with Gasteiger partial charge in [0.25, 0.3) is 0 Å². The van der Waals surface area contributed by atoms with Crippen LogP contribution >= 0.6 is 0 Å². The van der Waals surface area contributed by atoms with Crippen LogP contribution in [0.2, 0.25) is 0 Å². The Morgan fingerprint density at radius 1 is 0.833 bits per heavy atom. The summed E-state index contributed by atoms with van der Waals surface area (Å²) in [6, 6.07) is 0. The summed E-state index contributed by atoms with van der Waals surface area (Å²) in [4.78, 5) is 4.75. The van der Waals surface area contributed by atoms with Crippen LogP contribution in [-0.4, -0.2) is 11.8 Å². The van der Waals surface area contributed by atoms with Gasteiger partial charge in [0, 0.05) is 0 Å². The second-order valence-electron chi connectivity index (χ2n) is 4.42. The minimum atomic E-state index is -2.21. The van der Waals surface area contributed by atoms with Crippen LogP contribution in [0.15, 0.2) is 5.16 Å². The number of benzene rings is 1. The summed E-state index contributed by atoms with van der Waals surface area (Å²) in [7, 11) is 0. The van der Waals surface area contributed by atoms with Crippen LogP contribution in [0, 0.1) is 29.1 Å². The molecule has 0 aliphatic rings. The maximum atomic E-state index is 13.2. The Bertz CT molecular complexity index is 464. The maximum absolute atomic E-state index is 13.2. The Balaban J connectivity index is 3.18. The van der Waals surface area contributed by atoms with Crippen molar-refractivity contribution in [2.24, 2.45) is 5.16 Å². The Hall–Kier alpha value is -1.66. The van der Waals surface area contributed by atoms with Gasteiger partial charge in [-0.3, -0.25) is 0 Å². The van der Waals surface area contributed by atoms with Crippen LogP contribution in [0.3, 0.4) is 0 Å². The lowest BCUT2D eigenvalue weighted by atomic mass is 10.2. The molecule has 7 heteroatoms. The summed E-state index contributed by atoms with van der Waals surface area (Å²) in [5, 5.41) is 3.19. The standard InChI is InChI=1S/C11H10F5NO/c1-11(2,3)18-17-4-5-6(12)8(14)10(16)9(15)7(5)13/h4H,1-3H3/b17-4+. The lowest BCUT2D eigenvalue weighted by Crippen LogP contribution is -2.16. The highest BCUT2D eigenvalue weighted by atomic mass is 19.2. The molecule has 0 heterocycles. The summed E-state index contributed by atoms with van der Waals surface area (Å²) < 4.78 is 64.6. The van der Waals surface area contributed by atoms with E-state index in [0.29, 0.717) is 6.21 Å². The van der Waals surface area contributed by atoms with Gasteiger partial charge in [0.15, 0.2) is 23.3 Å². The predicted molar refractivity (Wildman–Crippen MR) is 54.7 cm³/mol. The third-order valence-electron chi connectivity index (χ3n) is 1.75. The quantitative estimate of drug-likeness (QED) is 0.264. The number of hydrogen-bond donors (Lipinski definition) is 0. The summed E-state index contributed by atoms with van der Waals surface area (Å²) >= 11 is 0. The van der Waals surface area contributed by atoms with Crippen molar-refractivity contribution in [1.82, 2.24) is 0 Å². The summed E-state index contributed by atoms with van der Waals surface area (Å²) in [6.07, 6.45) is 0.446. The highest BCUT2D eigenvalue weighted by Crippen LogP contribution is 2.21. The first-order valence-electron chi connectivity index (χ1n) is 4.88. The van der Waals surface area contributed by atoms with Gasteiger partial charge in [-0.1, -0.05) is 5.16 Å². The molecule has 0 bridgehead atoms. The molecule has 0 radical (unpaired) electrons. The molecule has 100 valence electrons. The Kier molecular flexibility index (Phi) is 3.93. The van der Waals surface area contributed by atoms with Gasteiger partial charge < -0.3 is 4.84 Å². The molecule has 1 aromatic rings. The van der Waals surface area contributed by atoms with Crippen LogP contribution < -0.4 is 0 Å². The van der Waals surface area contributed by atoms with Crippen molar-refractivity contribution in [1.29, 1.82) is 0 Å². The van der Waals surface area contributed by atoms with Crippen molar-refractivity contribution in [3.8, 4) is 0 Å². The van der Waals surface area contributed by atoms with Gasteiger partial charge in [-0.25, -0.2) is 22.0 Å². The largest absolute Gasteiger partial charge is 0.390 e. The average molecular weight is 267 g/mol. The van der Waals surface area contributed by atoms with Crippen molar-refractivity contribution in [3.05, 3.63) is 34.6 Å². The molecule has 0 aliphatic carbocycles. The average Bonchev–Trinajstić information content (AvgIpc) is 2.27. The fourth-order valence-corrected chi connectivity index (χ4v) is 0.972. The van der Waals surface area contributed by atoms with E-state index in [1.54, 1.807) is 20.8 Å². The molecule has 0 unspecified atom stereocenters. The van der Waals surface area contributed by atoms with E-state index in [1.165, 1.54) is 0 Å². The molecule has 0 aliphatic heterocycles. The zero-order chi connectivity index (χ0) is 14.1. The molecular weight excluding hydrogens is 257 g/mol. The number of nitrogens with zero attached hydrogens (tertiary/aromatic N) is 1. The zero-order valence-corrected chi connectivity index (χ0v) is 9.82. The minimum absolute atomic E-state index is 0.446. The Morgan fingerprint density at radius 2 is 1.22 bits per heavy atom. The highest BCUT2D eigenvalue weighted by molar-refractivity contribution is 5.80. The number of hydrogen-bond acceptors (Lipinski definition) is 2. The van der Waals surface area contributed by atoms with E-state index < -0.39 is 40.3 Å². The molecule has 0 amide bonds. The lowest BCUT2D eigenvalue weighted by molar-refractivity contribution is 0.00192. The molecule has 0 atom stereocenters. The van der Waals surface area contributed by atoms with E-state index in [2.05, 4.69) is 5.16 Å². The molecular formula is C11H10F5NO. The Labute approximate surface area is 100 Å². The maximum Gasteiger partial charge on any atom is 0.200 e. The molecule has 0 saturated carbocycles. The molecule has 1 rings (SSSR count). The van der Waals surface area contributed by atoms with Crippen molar-refractivity contribution < 1.29 is 26.8 Å². The van der Waals surface area contributed by atoms with Gasteiger partial charge >= 0.3 is 0 Å². The molecule has 0 fully saturated rings. The highest BCUT2D eigenvalue weighted by Gasteiger charge is 2.24. The first kappa shape index (κ1) is 14.4. The van der Waals surface area contributed by atoms with E-state index >= 15 is 0 Å². The van der Waals surface area contributed by atoms with Crippen molar-refractivity contribution >= 4 is 6.21 Å². The SMILES string of the molecule is CC(C)(C)O/N=C/c1c(F)c(F)c(F)c(F)c1F. The number of halogens is 5. The van der Waals surface area contributed by atoms with E-state index in [9.17, 15) is 22.0 Å². The zero-order valence-electron chi connectivity index (χ0n) is 9.82. The molecule has 0 aromatic heterocycles. The van der Waals surface area contributed by atoms with Crippen molar-refractivity contribution in [2.75, 3.05) is 0 Å². The van der Waals surface area contributed by atoms with Crippen LogP contribution in [0.5, 0.6) is 0 Å². The summed E-state index contributed by atoms with van der Waals surface area (Å²) in [6.45, 7) is 4.80. The van der Waals surface area contributed by atoms with E-state index in [1.807, 2.05) is 0 Å². The van der Waals surface area contributed by atoms with E-state index in [-0.39, 0.29) is 0 Å². The molecule has 0 N–H and O–H groups in total. The van der Waals surface area contributed by atoms with E-state index in [0.717, 1.165) is 0 Å². The van der Waals surface area contributed by atoms with Crippen LogP contribution in [-0.2, 0) is 4.84 Å². The van der Waals surface area contributed by atoms with Crippen molar-refractivity contribution in [3.63, 3.8) is 0 Å². The van der Waals surface area contributed by atoms with Gasteiger partial charge in [-0.05, 0) is 20.8 Å². The normalized spacial score (nSPS) is 12.2. The molecule has 2 nitrogen and oxygen atoms in total. The fraction of sp³-hybridized carbons (Fsp3) is 0.364. The van der Waals surface area contributed by atoms with Crippen molar-refractivity contribution in [2.45, 2.75) is 26.4 Å². The topological polar surface area (TPSA) is 21.6 Å². The second kappa shape index (κ2) is 4.91. The summed E-state index contributed by atoms with van der Waals surface area (Å²) in [5.74, 6) is -10.2. The Morgan fingerprint density at radius 3 is 1.61 bits per heavy atom. The third-order valence-corrected chi connectivity index (χ3v) is 1.75. The van der Waals surface area contributed by atoms with Crippen LogP contribution in [0.25, 0.3) is 0 Å². The van der Waals surface area contributed by atoms with E-state index in [4.69, 9.17) is 4.84 Å². The van der Waals surface area contributed by atoms with Gasteiger partial charge in [-0.2, -0.15) is 0 Å². The summed E-state index contributed by atoms with van der Waals surface area (Å²) in [5.41, 5.74) is -1.89. The second-order valence-corrected chi connectivity index (χ2v) is 4.42.